The van der Waals surface area contributed by atoms with E-state index >= 15 is 0 Å². The molecule has 0 radical (unpaired) electrons. The van der Waals surface area contributed by atoms with Crippen molar-refractivity contribution in [2.75, 3.05) is 6.61 Å². The molecule has 0 spiro atoms. The van der Waals surface area contributed by atoms with Crippen LogP contribution in [0.25, 0.3) is 0 Å². The van der Waals surface area contributed by atoms with E-state index in [9.17, 15) is 0 Å². The Labute approximate surface area is 125 Å². The summed E-state index contributed by atoms with van der Waals surface area (Å²) in [6.07, 6.45) is 11.1. The SMILES string of the molecule is CCOc1c(P)ccc(C2CCCC2)c1C1CCCC1. The molecule has 0 bridgehead atoms. The van der Waals surface area contributed by atoms with Crippen LogP contribution in [-0.4, -0.2) is 6.61 Å². The normalized spacial score (nSPS) is 20.7. The molecule has 2 aliphatic rings. The average Bonchev–Trinajstić information content (AvgIpc) is 3.13. The molecule has 1 nitrogen and oxygen atoms in total. The summed E-state index contributed by atoms with van der Waals surface area (Å²) < 4.78 is 6.06. The molecule has 1 unspecified atom stereocenters. The van der Waals surface area contributed by atoms with E-state index < -0.39 is 0 Å². The van der Waals surface area contributed by atoms with Crippen molar-refractivity contribution in [1.29, 1.82) is 0 Å². The fraction of sp³-hybridized carbons (Fsp3) is 0.667. The summed E-state index contributed by atoms with van der Waals surface area (Å²) in [4.78, 5) is 0. The van der Waals surface area contributed by atoms with Crippen LogP contribution in [0, 0.1) is 0 Å². The smallest absolute Gasteiger partial charge is 0.130 e. The number of rotatable bonds is 4. The molecule has 1 aromatic carbocycles. The molecule has 0 aliphatic heterocycles. The van der Waals surface area contributed by atoms with Gasteiger partial charge in [-0.15, -0.1) is 9.24 Å². The van der Waals surface area contributed by atoms with Crippen molar-refractivity contribution >= 4 is 14.5 Å². The van der Waals surface area contributed by atoms with Gasteiger partial charge in [0, 0.05) is 10.9 Å². The maximum absolute atomic E-state index is 6.06. The van der Waals surface area contributed by atoms with Crippen LogP contribution < -0.4 is 10.0 Å². The third-order valence-corrected chi connectivity index (χ3v) is 5.56. The summed E-state index contributed by atoms with van der Waals surface area (Å²) in [6, 6.07) is 4.65. The van der Waals surface area contributed by atoms with E-state index in [1.54, 1.807) is 11.1 Å². The van der Waals surface area contributed by atoms with E-state index in [1.807, 2.05) is 0 Å². The quantitative estimate of drug-likeness (QED) is 0.717. The van der Waals surface area contributed by atoms with Crippen LogP contribution >= 0.6 is 9.24 Å². The highest BCUT2D eigenvalue weighted by atomic mass is 31.0. The third kappa shape index (κ3) is 2.75. The molecule has 0 aromatic heterocycles. The van der Waals surface area contributed by atoms with Crippen LogP contribution in [-0.2, 0) is 0 Å². The minimum atomic E-state index is 0.743. The highest BCUT2D eigenvalue weighted by Gasteiger charge is 2.29. The highest BCUT2D eigenvalue weighted by molar-refractivity contribution is 7.27. The van der Waals surface area contributed by atoms with Gasteiger partial charge in [0.2, 0.25) is 0 Å². The molecule has 20 heavy (non-hydrogen) atoms. The van der Waals surface area contributed by atoms with Gasteiger partial charge in [-0.3, -0.25) is 0 Å². The monoisotopic (exact) mass is 290 g/mol. The predicted octanol–water partition coefficient (Wildman–Crippen LogP) is 4.90. The first-order valence-corrected chi connectivity index (χ1v) is 8.94. The predicted molar refractivity (Wildman–Crippen MR) is 89.4 cm³/mol. The van der Waals surface area contributed by atoms with Crippen LogP contribution in [0.1, 0.15) is 81.3 Å². The molecule has 0 heterocycles. The Kier molecular flexibility index (Phi) is 4.66. The standard InChI is InChI=1S/C18H27OP/c1-2-19-18-16(20)12-11-15(13-7-3-4-8-13)17(18)14-9-5-6-10-14/h11-14H,2-10,20H2,1H3. The Hall–Kier alpha value is -0.550. The zero-order valence-corrected chi connectivity index (χ0v) is 13.8. The average molecular weight is 290 g/mol. The van der Waals surface area contributed by atoms with Gasteiger partial charge < -0.3 is 4.74 Å². The lowest BCUT2D eigenvalue weighted by Gasteiger charge is -2.24. The van der Waals surface area contributed by atoms with Gasteiger partial charge in [-0.05, 0) is 50.0 Å². The number of benzene rings is 1. The fourth-order valence-electron chi connectivity index (χ4n) is 4.17. The first kappa shape index (κ1) is 14.4. The molecule has 110 valence electrons. The zero-order valence-electron chi connectivity index (χ0n) is 12.7. The molecule has 2 aliphatic carbocycles. The van der Waals surface area contributed by atoms with Gasteiger partial charge in [-0.1, -0.05) is 37.8 Å². The van der Waals surface area contributed by atoms with Crippen LogP contribution in [0.5, 0.6) is 5.75 Å². The molecule has 0 amide bonds. The maximum Gasteiger partial charge on any atom is 0.130 e. The van der Waals surface area contributed by atoms with E-state index in [1.165, 1.54) is 62.4 Å². The molecule has 1 atom stereocenters. The first-order valence-electron chi connectivity index (χ1n) is 8.36. The molecule has 2 heteroatoms. The Morgan fingerprint density at radius 1 is 1.00 bits per heavy atom. The molecule has 0 N–H and O–H groups in total. The largest absolute Gasteiger partial charge is 0.493 e. The van der Waals surface area contributed by atoms with E-state index in [2.05, 4.69) is 28.3 Å². The lowest BCUT2D eigenvalue weighted by molar-refractivity contribution is 0.336. The van der Waals surface area contributed by atoms with Crippen molar-refractivity contribution in [3.63, 3.8) is 0 Å². The molecule has 2 saturated carbocycles. The van der Waals surface area contributed by atoms with E-state index in [-0.39, 0.29) is 0 Å². The summed E-state index contributed by atoms with van der Waals surface area (Å²) in [5, 5.41) is 1.25. The Morgan fingerprint density at radius 3 is 2.20 bits per heavy atom. The summed E-state index contributed by atoms with van der Waals surface area (Å²) in [7, 11) is 2.88. The summed E-state index contributed by atoms with van der Waals surface area (Å²) in [5.74, 6) is 2.72. The van der Waals surface area contributed by atoms with Crippen molar-refractivity contribution in [2.24, 2.45) is 0 Å². The van der Waals surface area contributed by atoms with Crippen molar-refractivity contribution in [3.05, 3.63) is 23.3 Å². The minimum absolute atomic E-state index is 0.743. The van der Waals surface area contributed by atoms with Crippen molar-refractivity contribution in [3.8, 4) is 5.75 Å². The molecular formula is C18H27OP. The van der Waals surface area contributed by atoms with Gasteiger partial charge in [0.25, 0.3) is 0 Å². The molecule has 2 fully saturated rings. The van der Waals surface area contributed by atoms with Gasteiger partial charge in [0.1, 0.15) is 5.75 Å². The number of hydrogen-bond donors (Lipinski definition) is 0. The Morgan fingerprint density at radius 2 is 1.60 bits per heavy atom. The van der Waals surface area contributed by atoms with E-state index in [4.69, 9.17) is 4.74 Å². The Bertz CT molecular complexity index is 457. The number of hydrogen-bond acceptors (Lipinski definition) is 1. The molecule has 1 aromatic rings. The van der Waals surface area contributed by atoms with Gasteiger partial charge in [-0.2, -0.15) is 0 Å². The summed E-state index contributed by atoms with van der Waals surface area (Å²) in [5.41, 5.74) is 3.19. The molecule has 3 rings (SSSR count). The highest BCUT2D eigenvalue weighted by Crippen LogP contribution is 2.45. The van der Waals surface area contributed by atoms with Crippen LogP contribution in [0.15, 0.2) is 12.1 Å². The van der Waals surface area contributed by atoms with Crippen molar-refractivity contribution in [2.45, 2.75) is 70.1 Å². The Balaban J connectivity index is 2.04. The summed E-state index contributed by atoms with van der Waals surface area (Å²) in [6.45, 7) is 2.88. The second-order valence-electron chi connectivity index (χ2n) is 6.38. The lowest BCUT2D eigenvalue weighted by atomic mass is 9.85. The van der Waals surface area contributed by atoms with Crippen molar-refractivity contribution in [1.82, 2.24) is 0 Å². The lowest BCUT2D eigenvalue weighted by Crippen LogP contribution is -2.12. The van der Waals surface area contributed by atoms with Crippen LogP contribution in [0.2, 0.25) is 0 Å². The van der Waals surface area contributed by atoms with E-state index in [0.717, 1.165) is 18.4 Å². The maximum atomic E-state index is 6.06. The second kappa shape index (κ2) is 6.48. The van der Waals surface area contributed by atoms with Crippen LogP contribution in [0.3, 0.4) is 0 Å². The van der Waals surface area contributed by atoms with Gasteiger partial charge in [0.15, 0.2) is 0 Å². The zero-order chi connectivity index (χ0) is 13.9. The van der Waals surface area contributed by atoms with Gasteiger partial charge >= 0.3 is 0 Å². The second-order valence-corrected chi connectivity index (χ2v) is 7.00. The molecular weight excluding hydrogens is 263 g/mol. The minimum Gasteiger partial charge on any atom is -0.493 e. The van der Waals surface area contributed by atoms with Crippen LogP contribution in [0.4, 0.5) is 0 Å². The fourth-order valence-corrected chi connectivity index (χ4v) is 4.50. The summed E-state index contributed by atoms with van der Waals surface area (Å²) >= 11 is 0. The third-order valence-electron chi connectivity index (χ3n) is 5.11. The van der Waals surface area contributed by atoms with Gasteiger partial charge in [0.05, 0.1) is 6.61 Å². The van der Waals surface area contributed by atoms with Crippen molar-refractivity contribution < 1.29 is 4.74 Å². The number of ether oxygens (including phenoxy) is 1. The van der Waals surface area contributed by atoms with Gasteiger partial charge in [-0.25, -0.2) is 0 Å². The topological polar surface area (TPSA) is 9.23 Å². The van der Waals surface area contributed by atoms with E-state index in [0.29, 0.717) is 0 Å². The molecule has 0 saturated heterocycles. The first-order chi connectivity index (χ1) is 9.81.